The molecule has 0 atom stereocenters. The lowest BCUT2D eigenvalue weighted by molar-refractivity contribution is -0.130. The van der Waals surface area contributed by atoms with Gasteiger partial charge in [0.25, 0.3) is 0 Å². The maximum absolute atomic E-state index is 11.6. The van der Waals surface area contributed by atoms with E-state index < -0.39 is 0 Å². The average molecular weight is 227 g/mol. The molecule has 0 unspecified atom stereocenters. The molecule has 2 N–H and O–H groups in total. The minimum absolute atomic E-state index is 0.0175. The summed E-state index contributed by atoms with van der Waals surface area (Å²) in [4.78, 5) is 24.6. The molecule has 1 rings (SSSR count). The quantitative estimate of drug-likeness (QED) is 0.614. The van der Waals surface area contributed by atoms with Crippen LogP contribution in [0.5, 0.6) is 0 Å². The summed E-state index contributed by atoms with van der Waals surface area (Å²) < 4.78 is 0. The average Bonchev–Trinajstić information content (AvgIpc) is 2.78. The number of rotatable bonds is 6. The molecule has 1 aliphatic heterocycles. The molecule has 5 nitrogen and oxygen atoms in total. The van der Waals surface area contributed by atoms with Crippen molar-refractivity contribution in [3.8, 4) is 0 Å². The first-order chi connectivity index (χ1) is 7.74. The zero-order chi connectivity index (χ0) is 11.8. The Labute approximate surface area is 96.6 Å². The Morgan fingerprint density at radius 1 is 1.25 bits per heavy atom. The highest BCUT2D eigenvalue weighted by Crippen LogP contribution is 2.08. The van der Waals surface area contributed by atoms with Gasteiger partial charge in [0.2, 0.25) is 11.8 Å². The molecule has 1 heterocycles. The van der Waals surface area contributed by atoms with Gasteiger partial charge in [-0.1, -0.05) is 0 Å². The first kappa shape index (κ1) is 13.0. The van der Waals surface area contributed by atoms with Gasteiger partial charge in [-0.25, -0.2) is 0 Å². The molecule has 1 aliphatic rings. The van der Waals surface area contributed by atoms with Crippen LogP contribution in [-0.4, -0.2) is 49.4 Å². The van der Waals surface area contributed by atoms with Crippen LogP contribution in [0, 0.1) is 0 Å². The molecular formula is C11H21N3O2. The highest BCUT2D eigenvalue weighted by molar-refractivity contribution is 5.78. The summed E-state index contributed by atoms with van der Waals surface area (Å²) in [7, 11) is 0. The molecule has 0 saturated carbocycles. The molecule has 0 bridgehead atoms. The molecule has 16 heavy (non-hydrogen) atoms. The molecule has 5 heteroatoms. The van der Waals surface area contributed by atoms with Crippen molar-refractivity contribution in [3.05, 3.63) is 0 Å². The van der Waals surface area contributed by atoms with Gasteiger partial charge in [-0.3, -0.25) is 9.59 Å². The number of nitrogens with zero attached hydrogens (tertiary/aromatic N) is 1. The van der Waals surface area contributed by atoms with E-state index in [1.807, 2.05) is 11.8 Å². The van der Waals surface area contributed by atoms with Crippen LogP contribution in [0.1, 0.15) is 26.2 Å². The molecule has 1 saturated heterocycles. The second-order valence-electron chi connectivity index (χ2n) is 3.97. The number of amides is 2. The molecule has 2 amide bonds. The standard InChI is InChI=1S/C11H21N3O2/c1-2-13-10(15)9-12-6-5-11(16)14-7-3-4-8-14/h12H,2-9H2,1H3,(H,13,15). The van der Waals surface area contributed by atoms with Gasteiger partial charge in [0.05, 0.1) is 6.54 Å². The van der Waals surface area contributed by atoms with Gasteiger partial charge in [0, 0.05) is 32.6 Å². The van der Waals surface area contributed by atoms with Crippen molar-refractivity contribution in [2.75, 3.05) is 32.7 Å². The fourth-order valence-electron chi connectivity index (χ4n) is 1.78. The van der Waals surface area contributed by atoms with E-state index in [1.54, 1.807) is 0 Å². The number of likely N-dealkylation sites (N-methyl/N-ethyl adjacent to an activating group) is 1. The third-order valence-electron chi connectivity index (χ3n) is 2.63. The molecular weight excluding hydrogens is 206 g/mol. The van der Waals surface area contributed by atoms with Crippen LogP contribution in [0.2, 0.25) is 0 Å². The Kier molecular flexibility index (Phi) is 5.85. The lowest BCUT2D eigenvalue weighted by Gasteiger charge is -2.15. The van der Waals surface area contributed by atoms with Crippen molar-refractivity contribution in [1.82, 2.24) is 15.5 Å². The highest BCUT2D eigenvalue weighted by Gasteiger charge is 2.16. The largest absolute Gasteiger partial charge is 0.355 e. The van der Waals surface area contributed by atoms with Crippen LogP contribution in [0.3, 0.4) is 0 Å². The first-order valence-electron chi connectivity index (χ1n) is 5.99. The SMILES string of the molecule is CCNC(=O)CNCCC(=O)N1CCCC1. The third-order valence-corrected chi connectivity index (χ3v) is 2.63. The third kappa shape index (κ3) is 4.61. The minimum Gasteiger partial charge on any atom is -0.355 e. The number of carbonyl (C=O) groups excluding carboxylic acids is 2. The van der Waals surface area contributed by atoms with Crippen molar-refractivity contribution < 1.29 is 9.59 Å². The second-order valence-corrected chi connectivity index (χ2v) is 3.97. The Bertz CT molecular complexity index is 237. The first-order valence-corrected chi connectivity index (χ1v) is 5.99. The predicted octanol–water partition coefficient (Wildman–Crippen LogP) is -0.275. The van der Waals surface area contributed by atoms with E-state index in [2.05, 4.69) is 10.6 Å². The van der Waals surface area contributed by atoms with Gasteiger partial charge < -0.3 is 15.5 Å². The minimum atomic E-state index is -0.0175. The summed E-state index contributed by atoms with van der Waals surface area (Å²) in [5.41, 5.74) is 0. The lowest BCUT2D eigenvalue weighted by Crippen LogP contribution is -2.36. The summed E-state index contributed by atoms with van der Waals surface area (Å²) >= 11 is 0. The van der Waals surface area contributed by atoms with E-state index in [-0.39, 0.29) is 11.8 Å². The predicted molar refractivity (Wildman–Crippen MR) is 62.0 cm³/mol. The molecule has 0 radical (unpaired) electrons. The van der Waals surface area contributed by atoms with Gasteiger partial charge in [0.1, 0.15) is 0 Å². The zero-order valence-corrected chi connectivity index (χ0v) is 9.92. The Morgan fingerprint density at radius 2 is 1.94 bits per heavy atom. The number of carbonyl (C=O) groups is 2. The van der Waals surface area contributed by atoms with Gasteiger partial charge >= 0.3 is 0 Å². The summed E-state index contributed by atoms with van der Waals surface area (Å²) in [5, 5.41) is 5.66. The second kappa shape index (κ2) is 7.22. The highest BCUT2D eigenvalue weighted by atomic mass is 16.2. The summed E-state index contributed by atoms with van der Waals surface area (Å²) in [6, 6.07) is 0. The van der Waals surface area contributed by atoms with Crippen molar-refractivity contribution in [3.63, 3.8) is 0 Å². The normalized spacial score (nSPS) is 15.2. The van der Waals surface area contributed by atoms with Crippen LogP contribution in [0.25, 0.3) is 0 Å². The number of hydrogen-bond donors (Lipinski definition) is 2. The van der Waals surface area contributed by atoms with E-state index in [0.29, 0.717) is 26.1 Å². The Hall–Kier alpha value is -1.10. The van der Waals surface area contributed by atoms with Crippen LogP contribution >= 0.6 is 0 Å². The van der Waals surface area contributed by atoms with E-state index >= 15 is 0 Å². The van der Waals surface area contributed by atoms with Crippen LogP contribution in [0.15, 0.2) is 0 Å². The number of hydrogen-bond acceptors (Lipinski definition) is 3. The maximum Gasteiger partial charge on any atom is 0.233 e. The molecule has 0 aromatic carbocycles. The van der Waals surface area contributed by atoms with E-state index in [9.17, 15) is 9.59 Å². The smallest absolute Gasteiger partial charge is 0.233 e. The van der Waals surface area contributed by atoms with Crippen molar-refractivity contribution in [2.24, 2.45) is 0 Å². The summed E-state index contributed by atoms with van der Waals surface area (Å²) in [5.74, 6) is 0.178. The maximum atomic E-state index is 11.6. The van der Waals surface area contributed by atoms with Crippen LogP contribution < -0.4 is 10.6 Å². The Morgan fingerprint density at radius 3 is 2.56 bits per heavy atom. The van der Waals surface area contributed by atoms with Crippen LogP contribution in [0.4, 0.5) is 0 Å². The van der Waals surface area contributed by atoms with Gasteiger partial charge in [-0.05, 0) is 19.8 Å². The van der Waals surface area contributed by atoms with Crippen molar-refractivity contribution >= 4 is 11.8 Å². The van der Waals surface area contributed by atoms with Crippen molar-refractivity contribution in [1.29, 1.82) is 0 Å². The fraction of sp³-hybridized carbons (Fsp3) is 0.818. The van der Waals surface area contributed by atoms with E-state index in [1.165, 1.54) is 0 Å². The monoisotopic (exact) mass is 227 g/mol. The zero-order valence-electron chi connectivity index (χ0n) is 9.92. The lowest BCUT2D eigenvalue weighted by atomic mass is 10.3. The number of nitrogens with one attached hydrogen (secondary N) is 2. The number of likely N-dealkylation sites (tertiary alicyclic amines) is 1. The van der Waals surface area contributed by atoms with E-state index in [4.69, 9.17) is 0 Å². The summed E-state index contributed by atoms with van der Waals surface area (Å²) in [6.07, 6.45) is 2.73. The molecule has 0 aliphatic carbocycles. The fourth-order valence-corrected chi connectivity index (χ4v) is 1.78. The molecule has 92 valence electrons. The topological polar surface area (TPSA) is 61.4 Å². The molecule has 0 aromatic heterocycles. The van der Waals surface area contributed by atoms with Crippen LogP contribution in [-0.2, 0) is 9.59 Å². The van der Waals surface area contributed by atoms with Crippen molar-refractivity contribution in [2.45, 2.75) is 26.2 Å². The molecule has 0 aromatic rings. The molecule has 1 fully saturated rings. The van der Waals surface area contributed by atoms with Gasteiger partial charge in [0.15, 0.2) is 0 Å². The van der Waals surface area contributed by atoms with Gasteiger partial charge in [-0.2, -0.15) is 0 Å². The van der Waals surface area contributed by atoms with E-state index in [0.717, 1.165) is 25.9 Å². The Balaban J connectivity index is 2.02. The molecule has 0 spiro atoms. The van der Waals surface area contributed by atoms with Gasteiger partial charge in [-0.15, -0.1) is 0 Å². The summed E-state index contributed by atoms with van der Waals surface area (Å²) in [6.45, 7) is 5.19.